The monoisotopic (exact) mass is 224 g/mol. The van der Waals surface area contributed by atoms with Crippen LogP contribution in [0.4, 0.5) is 4.79 Å². The van der Waals surface area contributed by atoms with Gasteiger partial charge in [-0.05, 0) is 25.2 Å². The maximum Gasteiger partial charge on any atom is 0.322 e. The average Bonchev–Trinajstić information content (AvgIpc) is 2.41. The molecule has 2 N–H and O–H groups in total. The molecule has 4 heteroatoms. The molecule has 0 aromatic heterocycles. The highest BCUT2D eigenvalue weighted by Crippen LogP contribution is 2.34. The summed E-state index contributed by atoms with van der Waals surface area (Å²) >= 11 is 0. The van der Waals surface area contributed by atoms with Crippen LogP contribution in [-0.4, -0.2) is 17.5 Å². The van der Waals surface area contributed by atoms with E-state index in [1.807, 2.05) is 0 Å². The molecule has 3 amide bonds. The second-order valence-electron chi connectivity index (χ2n) is 5.08. The Balaban J connectivity index is 2.02. The van der Waals surface area contributed by atoms with E-state index in [0.29, 0.717) is 0 Å². The number of carbonyl (C=O) groups is 2. The third-order valence-electron chi connectivity index (χ3n) is 3.91. The van der Waals surface area contributed by atoms with Gasteiger partial charge in [0.25, 0.3) is 5.91 Å². The number of imide groups is 1. The van der Waals surface area contributed by atoms with Gasteiger partial charge in [-0.3, -0.25) is 10.1 Å². The molecular formula is C12H20N2O2. The van der Waals surface area contributed by atoms with Crippen LogP contribution in [-0.2, 0) is 4.79 Å². The van der Waals surface area contributed by atoms with Crippen LogP contribution in [0.3, 0.4) is 0 Å². The molecule has 1 heterocycles. The minimum absolute atomic E-state index is 0.116. The third-order valence-corrected chi connectivity index (χ3v) is 3.91. The van der Waals surface area contributed by atoms with Gasteiger partial charge in [0.05, 0.1) is 0 Å². The number of carbonyl (C=O) groups excluding carboxylic acids is 2. The summed E-state index contributed by atoms with van der Waals surface area (Å²) in [6, 6.07) is -0.320. The molecule has 1 aliphatic heterocycles. The Morgan fingerprint density at radius 2 is 2.12 bits per heavy atom. The number of amides is 3. The molecule has 90 valence electrons. The first-order chi connectivity index (χ1) is 7.66. The van der Waals surface area contributed by atoms with Gasteiger partial charge in [0.1, 0.15) is 5.54 Å². The van der Waals surface area contributed by atoms with E-state index in [-0.39, 0.29) is 11.9 Å². The van der Waals surface area contributed by atoms with E-state index in [0.717, 1.165) is 31.6 Å². The molecule has 0 radical (unpaired) electrons. The molecule has 1 saturated heterocycles. The molecule has 2 unspecified atom stereocenters. The molecule has 16 heavy (non-hydrogen) atoms. The Hall–Kier alpha value is -1.06. The molecule has 2 rings (SSSR count). The van der Waals surface area contributed by atoms with Crippen LogP contribution in [0.1, 0.15) is 51.9 Å². The maximum absolute atomic E-state index is 11.8. The van der Waals surface area contributed by atoms with Gasteiger partial charge in [-0.1, -0.05) is 32.6 Å². The molecule has 1 spiro atoms. The van der Waals surface area contributed by atoms with Crippen LogP contribution in [0, 0.1) is 5.92 Å². The van der Waals surface area contributed by atoms with Gasteiger partial charge in [-0.15, -0.1) is 0 Å². The van der Waals surface area contributed by atoms with Crippen molar-refractivity contribution in [1.29, 1.82) is 0 Å². The largest absolute Gasteiger partial charge is 0.323 e. The summed E-state index contributed by atoms with van der Waals surface area (Å²) in [5, 5.41) is 5.19. The molecule has 2 aliphatic rings. The summed E-state index contributed by atoms with van der Waals surface area (Å²) < 4.78 is 0. The zero-order chi connectivity index (χ0) is 11.6. The first kappa shape index (κ1) is 11.4. The third kappa shape index (κ3) is 2.06. The van der Waals surface area contributed by atoms with Crippen LogP contribution >= 0.6 is 0 Å². The minimum atomic E-state index is -0.584. The predicted octanol–water partition coefficient (Wildman–Crippen LogP) is 1.94. The fourth-order valence-electron chi connectivity index (χ4n) is 2.99. The average molecular weight is 224 g/mol. The van der Waals surface area contributed by atoms with Crippen LogP contribution in [0.5, 0.6) is 0 Å². The molecule has 0 aromatic carbocycles. The van der Waals surface area contributed by atoms with Crippen LogP contribution in [0.2, 0.25) is 0 Å². The highest BCUT2D eigenvalue weighted by molar-refractivity contribution is 6.06. The Morgan fingerprint density at radius 1 is 1.31 bits per heavy atom. The van der Waals surface area contributed by atoms with Gasteiger partial charge < -0.3 is 5.32 Å². The van der Waals surface area contributed by atoms with Gasteiger partial charge in [0, 0.05) is 0 Å². The number of hydrogen-bond acceptors (Lipinski definition) is 2. The summed E-state index contributed by atoms with van der Waals surface area (Å²) in [6.45, 7) is 2.20. The quantitative estimate of drug-likeness (QED) is 0.704. The minimum Gasteiger partial charge on any atom is -0.323 e. The normalized spacial score (nSPS) is 34.7. The Bertz CT molecular complexity index is 303. The van der Waals surface area contributed by atoms with Crippen molar-refractivity contribution >= 4 is 11.9 Å². The van der Waals surface area contributed by atoms with E-state index in [4.69, 9.17) is 0 Å². The molecule has 1 saturated carbocycles. The lowest BCUT2D eigenvalue weighted by atomic mass is 9.89. The lowest BCUT2D eigenvalue weighted by molar-refractivity contribution is -0.124. The predicted molar refractivity (Wildman–Crippen MR) is 60.9 cm³/mol. The number of rotatable bonds is 2. The van der Waals surface area contributed by atoms with Crippen molar-refractivity contribution in [2.24, 2.45) is 5.92 Å². The van der Waals surface area contributed by atoms with E-state index in [1.165, 1.54) is 19.3 Å². The maximum atomic E-state index is 11.8. The lowest BCUT2D eigenvalue weighted by Crippen LogP contribution is -2.46. The summed E-state index contributed by atoms with van der Waals surface area (Å²) in [4.78, 5) is 23.0. The van der Waals surface area contributed by atoms with Crippen molar-refractivity contribution in [3.05, 3.63) is 0 Å². The SMILES string of the molecule is CCCC1CCCC2(CC1)NC(=O)NC2=O. The van der Waals surface area contributed by atoms with Crippen LogP contribution in [0.15, 0.2) is 0 Å². The highest BCUT2D eigenvalue weighted by Gasteiger charge is 2.46. The molecule has 0 bridgehead atoms. The van der Waals surface area contributed by atoms with Crippen molar-refractivity contribution in [2.75, 3.05) is 0 Å². The lowest BCUT2D eigenvalue weighted by Gasteiger charge is -2.23. The highest BCUT2D eigenvalue weighted by atomic mass is 16.2. The van der Waals surface area contributed by atoms with Crippen molar-refractivity contribution in [3.63, 3.8) is 0 Å². The second kappa shape index (κ2) is 4.44. The summed E-state index contributed by atoms with van der Waals surface area (Å²) in [5.41, 5.74) is -0.584. The van der Waals surface area contributed by atoms with Crippen LogP contribution in [0.25, 0.3) is 0 Å². The smallest absolute Gasteiger partial charge is 0.322 e. The zero-order valence-electron chi connectivity index (χ0n) is 9.84. The molecule has 1 aliphatic carbocycles. The summed E-state index contributed by atoms with van der Waals surface area (Å²) in [5.74, 6) is 0.615. The Labute approximate surface area is 96.2 Å². The van der Waals surface area contributed by atoms with E-state index in [1.54, 1.807) is 0 Å². The Kier molecular flexibility index (Phi) is 3.17. The Morgan fingerprint density at radius 3 is 2.75 bits per heavy atom. The summed E-state index contributed by atoms with van der Waals surface area (Å²) in [6.07, 6.45) is 7.33. The van der Waals surface area contributed by atoms with E-state index in [9.17, 15) is 9.59 Å². The molecule has 4 nitrogen and oxygen atoms in total. The van der Waals surface area contributed by atoms with Crippen molar-refractivity contribution < 1.29 is 9.59 Å². The van der Waals surface area contributed by atoms with E-state index < -0.39 is 5.54 Å². The van der Waals surface area contributed by atoms with Crippen molar-refractivity contribution in [2.45, 2.75) is 57.4 Å². The zero-order valence-corrected chi connectivity index (χ0v) is 9.84. The van der Waals surface area contributed by atoms with E-state index >= 15 is 0 Å². The topological polar surface area (TPSA) is 58.2 Å². The first-order valence-corrected chi connectivity index (χ1v) is 6.30. The van der Waals surface area contributed by atoms with Gasteiger partial charge in [0.2, 0.25) is 0 Å². The van der Waals surface area contributed by atoms with Crippen molar-refractivity contribution in [3.8, 4) is 0 Å². The summed E-state index contributed by atoms with van der Waals surface area (Å²) in [7, 11) is 0. The van der Waals surface area contributed by atoms with Gasteiger partial charge in [-0.2, -0.15) is 0 Å². The molecular weight excluding hydrogens is 204 g/mol. The fraction of sp³-hybridized carbons (Fsp3) is 0.833. The number of hydrogen-bond donors (Lipinski definition) is 2. The number of nitrogens with one attached hydrogen (secondary N) is 2. The fourth-order valence-corrected chi connectivity index (χ4v) is 2.99. The van der Waals surface area contributed by atoms with Crippen LogP contribution < -0.4 is 10.6 Å². The number of urea groups is 1. The molecule has 2 fully saturated rings. The van der Waals surface area contributed by atoms with Gasteiger partial charge in [-0.25, -0.2) is 4.79 Å². The van der Waals surface area contributed by atoms with Gasteiger partial charge >= 0.3 is 6.03 Å². The second-order valence-corrected chi connectivity index (χ2v) is 5.08. The van der Waals surface area contributed by atoms with Gasteiger partial charge in [0.15, 0.2) is 0 Å². The van der Waals surface area contributed by atoms with Crippen molar-refractivity contribution in [1.82, 2.24) is 10.6 Å². The standard InChI is InChI=1S/C12H20N2O2/c1-2-4-9-5-3-7-12(8-6-9)10(15)13-11(16)14-12/h9H,2-8H2,1H3,(H2,13,14,15,16). The molecule has 0 aromatic rings. The first-order valence-electron chi connectivity index (χ1n) is 6.30. The van der Waals surface area contributed by atoms with E-state index in [2.05, 4.69) is 17.6 Å². The molecule has 2 atom stereocenters.